The molecule has 1 amide bonds. The number of aliphatic hydroxyl groups is 2. The van der Waals surface area contributed by atoms with Crippen LogP contribution in [-0.2, 0) is 33.3 Å². The van der Waals surface area contributed by atoms with Crippen LogP contribution in [0.15, 0.2) is 41.5 Å². The van der Waals surface area contributed by atoms with Gasteiger partial charge in [0.25, 0.3) is 0 Å². The number of hydrogen-bond acceptors (Lipinski definition) is 12. The molecule has 2 saturated carbocycles. The summed E-state index contributed by atoms with van der Waals surface area (Å²) in [5.41, 5.74) is -1.41. The normalized spacial score (nSPS) is 35.6. The van der Waals surface area contributed by atoms with E-state index < -0.39 is 87.7 Å². The van der Waals surface area contributed by atoms with E-state index in [1.165, 1.54) is 4.90 Å². The first-order chi connectivity index (χ1) is 24.8. The van der Waals surface area contributed by atoms with Gasteiger partial charge in [0.05, 0.1) is 23.7 Å². The molecule has 4 aliphatic rings. The van der Waals surface area contributed by atoms with Crippen LogP contribution in [0, 0.1) is 28.1 Å². The maximum Gasteiger partial charge on any atom is 0.409 e. The van der Waals surface area contributed by atoms with Gasteiger partial charge in [0.2, 0.25) is 0 Å². The fourth-order valence-corrected chi connectivity index (χ4v) is 10.3. The Kier molecular flexibility index (Phi) is 11.6. The second-order valence-electron chi connectivity index (χ2n) is 16.8. The first-order valence-electron chi connectivity index (χ1n) is 18.8. The van der Waals surface area contributed by atoms with Crippen molar-refractivity contribution in [2.24, 2.45) is 28.1 Å². The Bertz CT molecular complexity index is 1600. The van der Waals surface area contributed by atoms with Crippen LogP contribution in [0.3, 0.4) is 0 Å². The molecule has 1 saturated heterocycles. The lowest BCUT2D eigenvalue weighted by molar-refractivity contribution is -0.302. The third-order valence-corrected chi connectivity index (χ3v) is 13.2. The lowest BCUT2D eigenvalue weighted by Crippen LogP contribution is -2.75. The van der Waals surface area contributed by atoms with Gasteiger partial charge in [-0.25, -0.2) is 15.1 Å². The van der Waals surface area contributed by atoms with Crippen molar-refractivity contribution in [2.75, 3.05) is 27.1 Å². The third kappa shape index (κ3) is 6.72. The maximum atomic E-state index is 15.0. The van der Waals surface area contributed by atoms with Gasteiger partial charge in [-0.2, -0.15) is 0 Å². The number of Topliss-reactive ketones (excluding diaryl/α,β-unsaturated/α-hetero) is 1. The largest absolute Gasteiger partial charge is 0.455 e. The minimum Gasteiger partial charge on any atom is -0.455 e. The van der Waals surface area contributed by atoms with Crippen molar-refractivity contribution in [1.82, 2.24) is 10.4 Å². The van der Waals surface area contributed by atoms with E-state index in [2.05, 4.69) is 5.48 Å². The average Bonchev–Trinajstić information content (AvgIpc) is 3.10. The number of hydroxylamine groups is 1. The Balaban J connectivity index is 1.61. The van der Waals surface area contributed by atoms with Crippen LogP contribution < -0.4 is 5.48 Å². The summed E-state index contributed by atoms with van der Waals surface area (Å²) in [7, 11) is 3.32. The van der Waals surface area contributed by atoms with Gasteiger partial charge in [0.1, 0.15) is 18.3 Å². The third-order valence-electron chi connectivity index (χ3n) is 13.2. The molecule has 5 rings (SSSR count). The minimum absolute atomic E-state index is 0.0737. The Hall–Kier alpha value is -3.30. The summed E-state index contributed by atoms with van der Waals surface area (Å²) in [6.45, 7) is 13.0. The number of ether oxygens (including phenoxy) is 4. The number of ketones is 1. The molecule has 0 spiro atoms. The zero-order chi connectivity index (χ0) is 39.3. The average molecular weight is 741 g/mol. The van der Waals surface area contributed by atoms with Gasteiger partial charge in [-0.05, 0) is 55.3 Å². The van der Waals surface area contributed by atoms with E-state index >= 15 is 0 Å². The highest BCUT2D eigenvalue weighted by atomic mass is 16.6. The fourth-order valence-electron chi connectivity index (χ4n) is 10.3. The van der Waals surface area contributed by atoms with E-state index in [0.717, 1.165) is 0 Å². The molecule has 1 aromatic rings. The first-order valence-corrected chi connectivity index (χ1v) is 18.8. The number of benzene rings is 1. The number of nitrogens with one attached hydrogen (secondary N) is 1. The van der Waals surface area contributed by atoms with Crippen LogP contribution in [0.1, 0.15) is 85.5 Å². The molecule has 11 atom stereocenters. The van der Waals surface area contributed by atoms with E-state index in [-0.39, 0.29) is 44.7 Å². The van der Waals surface area contributed by atoms with Crippen molar-refractivity contribution >= 4 is 31.1 Å². The molecule has 2 bridgehead atoms. The number of rotatable bonds is 11. The van der Waals surface area contributed by atoms with Crippen LogP contribution in [0.5, 0.6) is 0 Å². The van der Waals surface area contributed by atoms with Gasteiger partial charge < -0.3 is 39.3 Å². The summed E-state index contributed by atoms with van der Waals surface area (Å²) >= 11 is 0. The van der Waals surface area contributed by atoms with Crippen LogP contribution in [0.4, 0.5) is 4.79 Å². The number of aliphatic hydroxyl groups excluding tert-OH is 1. The predicted molar refractivity (Wildman–Crippen MR) is 195 cm³/mol. The summed E-state index contributed by atoms with van der Waals surface area (Å²) in [6, 6.07) is 9.03. The highest BCUT2D eigenvalue weighted by molar-refractivity contribution is 6.39. The minimum atomic E-state index is -1.73. The number of nitrogens with zero attached hydrogens (tertiary/aromatic N) is 1. The fraction of sp³-hybridized carbons (Fsp3) is 0.692. The SMILES string of the molecule is CCCC(=O)O[C@@H](C(=O)O[C@H]1C[C@@]2(O)[C@@H](C)[C@@H]3[C@]4(C)CO[C@@H]4C[C@H](OC(=O)N(C)C)[C@@]3(C)C(=O)[C@H](O)C(=C1C)C2(C)C)[C@@H](BCNO)c1ccccc1. The Morgan fingerprint density at radius 3 is 2.34 bits per heavy atom. The van der Waals surface area contributed by atoms with Crippen LogP contribution >= 0.6 is 0 Å². The van der Waals surface area contributed by atoms with Gasteiger partial charge in [0.15, 0.2) is 19.2 Å². The molecule has 1 heterocycles. The van der Waals surface area contributed by atoms with Gasteiger partial charge in [-0.15, -0.1) is 0 Å². The molecule has 3 fully saturated rings. The molecule has 0 radical (unpaired) electrons. The number of hydrogen-bond donors (Lipinski definition) is 4. The van der Waals surface area contributed by atoms with E-state index in [1.54, 1.807) is 66.1 Å². The summed E-state index contributed by atoms with van der Waals surface area (Å²) < 4.78 is 24.1. The monoisotopic (exact) mass is 740 g/mol. The molecule has 0 aromatic heterocycles. The summed E-state index contributed by atoms with van der Waals surface area (Å²) in [6.07, 6.45) is -5.35. The number of fused-ring (bicyclic) bond motifs is 5. The second-order valence-corrected chi connectivity index (χ2v) is 16.8. The summed E-state index contributed by atoms with van der Waals surface area (Å²) in [5.74, 6) is -3.96. The maximum absolute atomic E-state index is 15.0. The number of carbonyl (C=O) groups excluding carboxylic acids is 4. The summed E-state index contributed by atoms with van der Waals surface area (Å²) in [5, 5.41) is 34.9. The Labute approximate surface area is 312 Å². The number of amides is 1. The van der Waals surface area contributed by atoms with Crippen molar-refractivity contribution in [1.29, 1.82) is 0 Å². The molecule has 4 N–H and O–H groups in total. The molecule has 0 unspecified atom stereocenters. The molecule has 1 aliphatic heterocycles. The zero-order valence-corrected chi connectivity index (χ0v) is 32.5. The Morgan fingerprint density at radius 1 is 1.11 bits per heavy atom. The highest BCUT2D eigenvalue weighted by Gasteiger charge is 2.73. The van der Waals surface area contributed by atoms with Crippen LogP contribution in [-0.4, -0.2) is 115 Å². The number of carbonyl (C=O) groups is 4. The first kappa shape index (κ1) is 40.9. The van der Waals surface area contributed by atoms with Gasteiger partial charge in [-0.3, -0.25) is 9.59 Å². The van der Waals surface area contributed by atoms with E-state index in [0.29, 0.717) is 24.2 Å². The second kappa shape index (κ2) is 15.1. The van der Waals surface area contributed by atoms with Gasteiger partial charge in [0, 0.05) is 50.0 Å². The van der Waals surface area contributed by atoms with Crippen molar-refractivity contribution in [2.45, 2.75) is 116 Å². The standard InChI is InChI=1S/C39H57BN2O11/c1-10-14-27(43)53-31(29(40-20-41-49)23-15-12-11-13-16-23)34(46)51-24-18-39(48)22(3)32-37(6)19-50-25(37)17-26(52-35(47)42(8)9)38(32,7)33(45)30(44)28(21(24)2)36(39,4)5/h11-13,15-16,22,24-26,29-32,40-41,44,48-49H,10,14,17-20H2,1-9H3/t22-,24-,25+,26-,29-,30+,31+,32+,37+,38+,39+/m0/s1. The quantitative estimate of drug-likeness (QED) is 0.0857. The molecular weight excluding hydrogens is 683 g/mol. The topological polar surface area (TPSA) is 181 Å². The van der Waals surface area contributed by atoms with Crippen molar-refractivity contribution in [3.63, 3.8) is 0 Å². The smallest absolute Gasteiger partial charge is 0.409 e. The van der Waals surface area contributed by atoms with Crippen LogP contribution in [0.25, 0.3) is 0 Å². The van der Waals surface area contributed by atoms with E-state index in [9.17, 15) is 34.6 Å². The van der Waals surface area contributed by atoms with Crippen molar-refractivity contribution in [3.05, 3.63) is 47.0 Å². The molecule has 3 aliphatic carbocycles. The van der Waals surface area contributed by atoms with Gasteiger partial charge in [-0.1, -0.05) is 65.0 Å². The molecule has 1 aromatic carbocycles. The zero-order valence-electron chi connectivity index (χ0n) is 32.5. The molecule has 292 valence electrons. The van der Waals surface area contributed by atoms with Crippen LogP contribution in [0.2, 0.25) is 0 Å². The molecule has 14 heteroatoms. The Morgan fingerprint density at radius 2 is 1.77 bits per heavy atom. The van der Waals surface area contributed by atoms with Gasteiger partial charge >= 0.3 is 18.0 Å². The number of esters is 2. The molecular formula is C39H57BN2O11. The highest BCUT2D eigenvalue weighted by Crippen LogP contribution is 2.67. The lowest BCUT2D eigenvalue weighted by atomic mass is 9.40. The van der Waals surface area contributed by atoms with E-state index in [1.807, 2.05) is 26.8 Å². The van der Waals surface area contributed by atoms with Crippen molar-refractivity contribution in [3.8, 4) is 0 Å². The predicted octanol–water partition coefficient (Wildman–Crippen LogP) is 3.28. The summed E-state index contributed by atoms with van der Waals surface area (Å²) in [4.78, 5) is 56.6. The lowest BCUT2D eigenvalue weighted by Gasteiger charge is -2.68. The molecule has 53 heavy (non-hydrogen) atoms. The van der Waals surface area contributed by atoms with E-state index in [4.69, 9.17) is 18.9 Å². The molecule has 13 nitrogen and oxygen atoms in total. The van der Waals surface area contributed by atoms with Crippen molar-refractivity contribution < 1.29 is 53.5 Å².